The van der Waals surface area contributed by atoms with Gasteiger partial charge in [-0.2, -0.15) is 18.7 Å². The average Bonchev–Trinajstić information content (AvgIpc) is 3.36. The number of rotatable bonds is 8. The highest BCUT2D eigenvalue weighted by Gasteiger charge is 2.47. The summed E-state index contributed by atoms with van der Waals surface area (Å²) >= 11 is 0. The van der Waals surface area contributed by atoms with E-state index in [9.17, 15) is 32.3 Å². The molecule has 13 heteroatoms. The van der Waals surface area contributed by atoms with Gasteiger partial charge < -0.3 is 10.2 Å². The molecule has 1 aromatic heterocycles. The fourth-order valence-electron chi connectivity index (χ4n) is 5.67. The lowest BCUT2D eigenvalue weighted by Crippen LogP contribution is -2.52. The number of alkyl halides is 3. The zero-order valence-corrected chi connectivity index (χ0v) is 23.3. The molecule has 0 bridgehead atoms. The van der Waals surface area contributed by atoms with Crippen LogP contribution in [0.2, 0.25) is 0 Å². The van der Waals surface area contributed by atoms with Crippen LogP contribution < -0.4 is 5.32 Å². The number of carbonyl (C=O) groups excluding carboxylic acids is 4. The molecule has 226 valence electrons. The summed E-state index contributed by atoms with van der Waals surface area (Å²) < 4.78 is 57.4. The van der Waals surface area contributed by atoms with Crippen molar-refractivity contribution in [1.29, 1.82) is 0 Å². The summed E-state index contributed by atoms with van der Waals surface area (Å²) in [5, 5.41) is 2.75. The first-order valence-corrected chi connectivity index (χ1v) is 13.9. The molecule has 1 saturated heterocycles. The molecule has 3 atom stereocenters. The summed E-state index contributed by atoms with van der Waals surface area (Å²) in [7, 11) is 0. The number of nitrogens with one attached hydrogen (secondary N) is 1. The molecule has 3 heterocycles. The van der Waals surface area contributed by atoms with Crippen molar-refractivity contribution in [2.45, 2.75) is 56.3 Å². The number of likely N-dealkylation sites (tertiary alicyclic amines) is 1. The molecule has 43 heavy (non-hydrogen) atoms. The third kappa shape index (κ3) is 6.06. The Balaban J connectivity index is 1.36. The monoisotopic (exact) mass is 600 g/mol. The summed E-state index contributed by atoms with van der Waals surface area (Å²) in [4.78, 5) is 57.7. The number of likely N-dealkylation sites (N-methyl/N-ethyl adjacent to an activating group) is 1. The Morgan fingerprint density at radius 3 is 2.49 bits per heavy atom. The van der Waals surface area contributed by atoms with Crippen LogP contribution in [0.15, 0.2) is 54.6 Å². The summed E-state index contributed by atoms with van der Waals surface area (Å²) in [6.07, 6.45) is -1.62. The first-order valence-electron chi connectivity index (χ1n) is 13.9. The Labute approximate surface area is 244 Å². The van der Waals surface area contributed by atoms with Crippen molar-refractivity contribution in [3.05, 3.63) is 77.4 Å². The zero-order valence-electron chi connectivity index (χ0n) is 23.3. The molecule has 0 spiro atoms. The molecule has 9 nitrogen and oxygen atoms in total. The van der Waals surface area contributed by atoms with Crippen molar-refractivity contribution < 1.29 is 41.3 Å². The van der Waals surface area contributed by atoms with E-state index in [1.165, 1.54) is 12.1 Å². The Morgan fingerprint density at radius 2 is 1.86 bits per heavy atom. The van der Waals surface area contributed by atoms with E-state index in [0.717, 1.165) is 20.6 Å². The molecule has 2 aliphatic heterocycles. The SMILES string of the molecule is C=C1C=[N+](CC(=O)N2C[C@H](F)C[C@H]2C(=O)N[C@H](c2ccccc2)c2ccc(C3CC(F)(F)C3)c(F)n2)C(=O)N(CC)C1=O. The lowest BCUT2D eigenvalue weighted by Gasteiger charge is -2.35. The minimum absolute atomic E-state index is 0.00388. The number of aromatic nitrogens is 1. The largest absolute Gasteiger partial charge is 0.501 e. The van der Waals surface area contributed by atoms with Crippen LogP contribution in [0.4, 0.5) is 22.4 Å². The first-order chi connectivity index (χ1) is 20.4. The van der Waals surface area contributed by atoms with Crippen LogP contribution in [0.1, 0.15) is 55.0 Å². The number of nitrogens with zero attached hydrogens (tertiary/aromatic N) is 4. The second-order valence-corrected chi connectivity index (χ2v) is 10.9. The number of urea groups is 1. The van der Waals surface area contributed by atoms with Crippen LogP contribution in [-0.2, 0) is 14.4 Å². The molecule has 0 radical (unpaired) electrons. The van der Waals surface area contributed by atoms with Crippen LogP contribution >= 0.6 is 0 Å². The Hall–Kier alpha value is -4.42. The van der Waals surface area contributed by atoms with Crippen molar-refractivity contribution in [2.24, 2.45) is 0 Å². The van der Waals surface area contributed by atoms with Gasteiger partial charge in [0.15, 0.2) is 6.54 Å². The molecule has 5 rings (SSSR count). The highest BCUT2D eigenvalue weighted by molar-refractivity contribution is 6.17. The predicted octanol–water partition coefficient (Wildman–Crippen LogP) is 3.50. The number of amides is 5. The van der Waals surface area contributed by atoms with E-state index in [4.69, 9.17) is 0 Å². The lowest BCUT2D eigenvalue weighted by molar-refractivity contribution is -0.422. The fraction of sp³-hybridized carbons (Fsp3) is 0.400. The number of hydrogen-bond acceptors (Lipinski definition) is 5. The Bertz CT molecular complexity index is 1510. The molecule has 1 aliphatic carbocycles. The minimum Gasteiger partial charge on any atom is -0.342 e. The number of imide groups is 1. The summed E-state index contributed by atoms with van der Waals surface area (Å²) in [5.41, 5.74) is 0.678. The molecule has 1 saturated carbocycles. The van der Waals surface area contributed by atoms with E-state index < -0.39 is 79.2 Å². The quantitative estimate of drug-likeness (QED) is 0.216. The van der Waals surface area contributed by atoms with Gasteiger partial charge in [0.05, 0.1) is 30.4 Å². The molecule has 1 aromatic carbocycles. The number of halogens is 4. The number of carbonyl (C=O) groups is 4. The zero-order chi connectivity index (χ0) is 31.1. The highest BCUT2D eigenvalue weighted by atomic mass is 19.3. The highest BCUT2D eigenvalue weighted by Crippen LogP contribution is 2.48. The maximum atomic E-state index is 15.0. The second-order valence-electron chi connectivity index (χ2n) is 10.9. The van der Waals surface area contributed by atoms with Gasteiger partial charge in [-0.25, -0.2) is 22.9 Å². The second kappa shape index (κ2) is 11.7. The summed E-state index contributed by atoms with van der Waals surface area (Å²) in [6.45, 7) is 4.32. The molecule has 1 N–H and O–H groups in total. The van der Waals surface area contributed by atoms with Gasteiger partial charge in [-0.15, -0.1) is 0 Å². The van der Waals surface area contributed by atoms with Crippen molar-refractivity contribution in [2.75, 3.05) is 19.6 Å². The van der Waals surface area contributed by atoms with E-state index in [2.05, 4.69) is 16.9 Å². The molecular formula is C30H30F4N5O4+. The fourth-order valence-corrected chi connectivity index (χ4v) is 5.67. The standard InChI is InChI=1S/C30H29F4N5O4/c1-3-38-28(42)17(2)14-37(29(38)43)16-24(40)39-15-20(31)11-23(39)27(41)36-25(18-7-5-4-6-8-18)22-10-9-21(26(32)35-22)19-12-30(33,34)13-19/h4-10,14,19-20,23,25H,2-3,11-13,15-16H2,1H3/p+1/t20-,23+,25-/m1/s1. The third-order valence-electron chi connectivity index (χ3n) is 7.95. The molecule has 2 fully saturated rings. The van der Waals surface area contributed by atoms with E-state index in [0.29, 0.717) is 5.56 Å². The first kappa shape index (κ1) is 30.1. The number of pyridine rings is 1. The molecule has 5 amide bonds. The van der Waals surface area contributed by atoms with Gasteiger partial charge >= 0.3 is 11.9 Å². The van der Waals surface area contributed by atoms with Crippen LogP contribution in [0.25, 0.3) is 0 Å². The maximum absolute atomic E-state index is 15.0. The number of hydrogen-bond donors (Lipinski definition) is 1. The van der Waals surface area contributed by atoms with Gasteiger partial charge in [0.25, 0.3) is 5.91 Å². The molecule has 3 aliphatic rings. The van der Waals surface area contributed by atoms with Gasteiger partial charge in [-0.3, -0.25) is 9.59 Å². The van der Waals surface area contributed by atoms with Crippen LogP contribution in [0.5, 0.6) is 0 Å². The smallest absolute Gasteiger partial charge is 0.342 e. The van der Waals surface area contributed by atoms with Crippen LogP contribution in [0.3, 0.4) is 0 Å². The number of benzene rings is 1. The van der Waals surface area contributed by atoms with Gasteiger partial charge in [-0.1, -0.05) is 43.0 Å². The molecule has 0 unspecified atom stereocenters. The van der Waals surface area contributed by atoms with E-state index in [1.807, 2.05) is 0 Å². The van der Waals surface area contributed by atoms with E-state index in [-0.39, 0.29) is 36.3 Å². The average molecular weight is 601 g/mol. The van der Waals surface area contributed by atoms with Gasteiger partial charge in [0.2, 0.25) is 17.8 Å². The van der Waals surface area contributed by atoms with Crippen LogP contribution in [0, 0.1) is 5.95 Å². The molecular weight excluding hydrogens is 570 g/mol. The van der Waals surface area contributed by atoms with Crippen molar-refractivity contribution in [3.8, 4) is 0 Å². The van der Waals surface area contributed by atoms with Crippen molar-refractivity contribution in [3.63, 3.8) is 0 Å². The van der Waals surface area contributed by atoms with E-state index in [1.54, 1.807) is 37.3 Å². The normalized spacial score (nSPS) is 22.7. The third-order valence-corrected chi connectivity index (χ3v) is 7.95. The van der Waals surface area contributed by atoms with Gasteiger partial charge in [0, 0.05) is 24.8 Å². The van der Waals surface area contributed by atoms with Crippen molar-refractivity contribution >= 4 is 30.0 Å². The topological polar surface area (TPSA) is 103 Å². The summed E-state index contributed by atoms with van der Waals surface area (Å²) in [5.74, 6) is -6.45. The van der Waals surface area contributed by atoms with Gasteiger partial charge in [-0.05, 0) is 24.5 Å². The minimum atomic E-state index is -2.84. The molecule has 2 aromatic rings. The van der Waals surface area contributed by atoms with E-state index >= 15 is 4.39 Å². The van der Waals surface area contributed by atoms with Gasteiger partial charge in [0.1, 0.15) is 18.4 Å². The van der Waals surface area contributed by atoms with Crippen LogP contribution in [-0.4, -0.2) is 87.1 Å². The summed E-state index contributed by atoms with van der Waals surface area (Å²) in [6, 6.07) is 8.32. The lowest BCUT2D eigenvalue weighted by atomic mass is 9.77. The Kier molecular flexibility index (Phi) is 8.17. The predicted molar refractivity (Wildman–Crippen MR) is 146 cm³/mol. The maximum Gasteiger partial charge on any atom is 0.501 e. The van der Waals surface area contributed by atoms with Crippen molar-refractivity contribution in [1.82, 2.24) is 20.1 Å². The Morgan fingerprint density at radius 1 is 1.16 bits per heavy atom.